The lowest BCUT2D eigenvalue weighted by Crippen LogP contribution is -2.37. The van der Waals surface area contributed by atoms with Crippen molar-refractivity contribution in [3.8, 4) is 0 Å². The van der Waals surface area contributed by atoms with Crippen molar-refractivity contribution >= 4 is 46.4 Å². The number of aliphatic imine (C=N–C) groups is 1. The number of guanidine groups is 1. The molecule has 0 bridgehead atoms. The van der Waals surface area contributed by atoms with Crippen molar-refractivity contribution in [3.05, 3.63) is 46.5 Å². The van der Waals surface area contributed by atoms with Crippen molar-refractivity contribution in [1.29, 1.82) is 0 Å². The van der Waals surface area contributed by atoms with Crippen molar-refractivity contribution in [2.24, 2.45) is 4.99 Å². The van der Waals surface area contributed by atoms with E-state index in [-0.39, 0.29) is 24.0 Å². The molecule has 6 nitrogen and oxygen atoms in total. The summed E-state index contributed by atoms with van der Waals surface area (Å²) in [4.78, 5) is 14.1. The number of halogens is 1. The van der Waals surface area contributed by atoms with Crippen LogP contribution in [0.25, 0.3) is 0 Å². The Morgan fingerprint density at radius 2 is 1.66 bits per heavy atom. The van der Waals surface area contributed by atoms with Gasteiger partial charge in [-0.25, -0.2) is 4.98 Å². The third-order valence-electron chi connectivity index (χ3n) is 6.15. The van der Waals surface area contributed by atoms with Gasteiger partial charge in [0.25, 0.3) is 0 Å². The van der Waals surface area contributed by atoms with Crippen molar-refractivity contribution in [2.45, 2.75) is 51.6 Å². The fourth-order valence-corrected chi connectivity index (χ4v) is 5.23. The van der Waals surface area contributed by atoms with Crippen LogP contribution in [0.5, 0.6) is 0 Å². The second-order valence-corrected chi connectivity index (χ2v) is 9.41. The molecular formula is C24H37IN6S. The van der Waals surface area contributed by atoms with Crippen LogP contribution in [0.3, 0.4) is 0 Å². The zero-order valence-electron chi connectivity index (χ0n) is 19.2. The third-order valence-corrected chi connectivity index (χ3v) is 7.10. The number of thiazole rings is 1. The first-order valence-corrected chi connectivity index (χ1v) is 12.6. The maximum Gasteiger partial charge on any atom is 0.191 e. The molecule has 2 aromatic rings. The van der Waals surface area contributed by atoms with Gasteiger partial charge in [-0.15, -0.1) is 35.3 Å². The molecule has 2 fully saturated rings. The van der Waals surface area contributed by atoms with Crippen LogP contribution in [-0.4, -0.2) is 55.6 Å². The number of hydrogen-bond acceptors (Lipinski definition) is 5. The Morgan fingerprint density at radius 3 is 2.38 bits per heavy atom. The summed E-state index contributed by atoms with van der Waals surface area (Å²) in [6, 6.07) is 8.99. The van der Waals surface area contributed by atoms with Gasteiger partial charge >= 0.3 is 0 Å². The zero-order chi connectivity index (χ0) is 21.3. The molecule has 2 aliphatic rings. The Morgan fingerprint density at radius 1 is 0.969 bits per heavy atom. The molecule has 176 valence electrons. The van der Waals surface area contributed by atoms with Gasteiger partial charge in [0.2, 0.25) is 0 Å². The van der Waals surface area contributed by atoms with Crippen LogP contribution in [0.15, 0.2) is 34.6 Å². The molecule has 2 N–H and O–H groups in total. The van der Waals surface area contributed by atoms with Gasteiger partial charge in [0.05, 0.1) is 5.69 Å². The zero-order valence-corrected chi connectivity index (χ0v) is 22.3. The molecule has 1 aromatic carbocycles. The molecule has 8 heteroatoms. The van der Waals surface area contributed by atoms with E-state index in [0.717, 1.165) is 45.1 Å². The van der Waals surface area contributed by atoms with Crippen molar-refractivity contribution in [2.75, 3.05) is 44.7 Å². The minimum absolute atomic E-state index is 0. The molecule has 0 saturated carbocycles. The van der Waals surface area contributed by atoms with E-state index >= 15 is 0 Å². The smallest absolute Gasteiger partial charge is 0.191 e. The summed E-state index contributed by atoms with van der Waals surface area (Å²) in [7, 11) is 1.82. The molecule has 4 rings (SSSR count). The molecule has 0 aliphatic carbocycles. The quantitative estimate of drug-likeness (QED) is 0.283. The van der Waals surface area contributed by atoms with E-state index < -0.39 is 0 Å². The van der Waals surface area contributed by atoms with Gasteiger partial charge < -0.3 is 15.5 Å². The van der Waals surface area contributed by atoms with Crippen molar-refractivity contribution in [3.63, 3.8) is 0 Å². The van der Waals surface area contributed by atoms with E-state index in [1.165, 1.54) is 67.1 Å². The summed E-state index contributed by atoms with van der Waals surface area (Å²) in [6.45, 7) is 7.48. The summed E-state index contributed by atoms with van der Waals surface area (Å²) in [5, 5.41) is 10.2. The molecule has 0 atom stereocenters. The average Bonchev–Trinajstić information content (AvgIpc) is 3.50. The van der Waals surface area contributed by atoms with Gasteiger partial charge in [-0.3, -0.25) is 9.89 Å². The standard InChI is InChI=1S/C24H36N6S.HI/c1-25-23(26-12-11-22-19-31-24(28-22)30-15-5-6-16-30)27-17-20-7-9-21(10-8-20)18-29-13-3-2-4-14-29;/h7-10,19H,2-6,11-18H2,1H3,(H2,25,26,27);1H. The van der Waals surface area contributed by atoms with E-state index in [0.29, 0.717) is 0 Å². The van der Waals surface area contributed by atoms with Crippen LogP contribution in [-0.2, 0) is 19.5 Å². The van der Waals surface area contributed by atoms with E-state index in [1.807, 2.05) is 7.05 Å². The van der Waals surface area contributed by atoms with Crippen molar-refractivity contribution < 1.29 is 0 Å². The molecule has 1 aromatic heterocycles. The summed E-state index contributed by atoms with van der Waals surface area (Å²) in [6.07, 6.45) is 7.57. The third kappa shape index (κ3) is 7.59. The van der Waals surface area contributed by atoms with Gasteiger partial charge in [-0.05, 0) is 49.9 Å². The Labute approximate surface area is 213 Å². The monoisotopic (exact) mass is 568 g/mol. The Bertz CT molecular complexity index is 825. The Balaban J connectivity index is 0.00000289. The maximum atomic E-state index is 4.80. The van der Waals surface area contributed by atoms with Gasteiger partial charge in [0.15, 0.2) is 11.1 Å². The largest absolute Gasteiger partial charge is 0.356 e. The SMILES string of the molecule is CN=C(NCCc1csc(N2CCCC2)n1)NCc1ccc(CN2CCCCC2)cc1.I. The van der Waals surface area contributed by atoms with Gasteiger partial charge in [-0.1, -0.05) is 30.7 Å². The fraction of sp³-hybridized carbons (Fsp3) is 0.583. The minimum Gasteiger partial charge on any atom is -0.356 e. The van der Waals surface area contributed by atoms with Gasteiger partial charge in [-0.2, -0.15) is 0 Å². The number of anilines is 1. The summed E-state index contributed by atoms with van der Waals surface area (Å²) < 4.78 is 0. The van der Waals surface area contributed by atoms with Gasteiger partial charge in [0, 0.05) is 51.6 Å². The number of benzene rings is 1. The normalized spacial score (nSPS) is 17.3. The summed E-state index contributed by atoms with van der Waals surface area (Å²) >= 11 is 1.77. The Kier molecular flexibility index (Phi) is 10.5. The predicted molar refractivity (Wildman–Crippen MR) is 146 cm³/mol. The Hall–Kier alpha value is -1.39. The lowest BCUT2D eigenvalue weighted by Gasteiger charge is -2.26. The summed E-state index contributed by atoms with van der Waals surface area (Å²) in [5.41, 5.74) is 3.85. The first-order chi connectivity index (χ1) is 15.3. The van der Waals surface area contributed by atoms with Crippen molar-refractivity contribution in [1.82, 2.24) is 20.5 Å². The molecule has 2 aliphatic heterocycles. The van der Waals surface area contributed by atoms with E-state index in [2.05, 4.69) is 55.1 Å². The number of nitrogens with one attached hydrogen (secondary N) is 2. The highest BCUT2D eigenvalue weighted by molar-refractivity contribution is 14.0. The molecule has 32 heavy (non-hydrogen) atoms. The molecule has 0 amide bonds. The average molecular weight is 569 g/mol. The van der Waals surface area contributed by atoms with Crippen LogP contribution >= 0.6 is 35.3 Å². The highest BCUT2D eigenvalue weighted by Gasteiger charge is 2.15. The minimum atomic E-state index is 0. The highest BCUT2D eigenvalue weighted by Crippen LogP contribution is 2.24. The molecule has 0 spiro atoms. The van der Waals surface area contributed by atoms with E-state index in [1.54, 1.807) is 11.3 Å². The second kappa shape index (κ2) is 13.3. The number of likely N-dealkylation sites (tertiary alicyclic amines) is 1. The van der Waals surface area contributed by atoms with Crippen LogP contribution in [0, 0.1) is 0 Å². The van der Waals surface area contributed by atoms with Crippen LogP contribution in [0.2, 0.25) is 0 Å². The topological polar surface area (TPSA) is 55.8 Å². The molecular weight excluding hydrogens is 531 g/mol. The first-order valence-electron chi connectivity index (χ1n) is 11.7. The number of hydrogen-bond donors (Lipinski definition) is 2. The van der Waals surface area contributed by atoms with E-state index in [4.69, 9.17) is 4.98 Å². The molecule has 0 radical (unpaired) electrons. The van der Waals surface area contributed by atoms with Crippen LogP contribution < -0.4 is 15.5 Å². The number of rotatable bonds is 8. The number of piperidine rings is 1. The lowest BCUT2D eigenvalue weighted by molar-refractivity contribution is 0.221. The highest BCUT2D eigenvalue weighted by atomic mass is 127. The summed E-state index contributed by atoms with van der Waals surface area (Å²) in [5.74, 6) is 0.840. The number of nitrogens with zero attached hydrogens (tertiary/aromatic N) is 4. The number of aromatic nitrogens is 1. The molecule has 0 unspecified atom stereocenters. The van der Waals surface area contributed by atoms with Crippen LogP contribution in [0.4, 0.5) is 5.13 Å². The maximum absolute atomic E-state index is 4.80. The second-order valence-electron chi connectivity index (χ2n) is 8.57. The van der Waals surface area contributed by atoms with Gasteiger partial charge in [0.1, 0.15) is 0 Å². The van der Waals surface area contributed by atoms with Crippen LogP contribution in [0.1, 0.15) is 48.9 Å². The van der Waals surface area contributed by atoms with E-state index in [9.17, 15) is 0 Å². The lowest BCUT2D eigenvalue weighted by atomic mass is 10.1. The predicted octanol–water partition coefficient (Wildman–Crippen LogP) is 4.25. The fourth-order valence-electron chi connectivity index (χ4n) is 4.32. The molecule has 2 saturated heterocycles. The molecule has 3 heterocycles. The first kappa shape index (κ1) is 25.2.